The monoisotopic (exact) mass is 242 g/mol. The summed E-state index contributed by atoms with van der Waals surface area (Å²) in [5.74, 6) is -0.517. The maximum atomic E-state index is 10.2. The van der Waals surface area contributed by atoms with Gasteiger partial charge < -0.3 is 5.11 Å². The van der Waals surface area contributed by atoms with E-state index in [-0.39, 0.29) is 0 Å². The lowest BCUT2D eigenvalue weighted by Gasteiger charge is -2.19. The maximum Gasteiger partial charge on any atom is 0.295 e. The average Bonchev–Trinajstić information content (AvgIpc) is 1.84. The molecule has 0 amide bonds. The molecule has 0 radical (unpaired) electrons. The minimum Gasteiger partial charge on any atom is -0.373 e. The van der Waals surface area contributed by atoms with Crippen molar-refractivity contribution in [3.8, 4) is 0 Å². The van der Waals surface area contributed by atoms with Crippen molar-refractivity contribution in [2.75, 3.05) is 5.88 Å². The van der Waals surface area contributed by atoms with Gasteiger partial charge in [-0.1, -0.05) is 23.2 Å². The van der Waals surface area contributed by atoms with Crippen molar-refractivity contribution in [1.82, 2.24) is 0 Å². The lowest BCUT2D eigenvalue weighted by molar-refractivity contribution is 0.222. The van der Waals surface area contributed by atoms with Gasteiger partial charge in [-0.25, -0.2) is 0 Å². The van der Waals surface area contributed by atoms with Crippen molar-refractivity contribution in [3.63, 3.8) is 0 Å². The molecular formula is C3H5Cl3O4S. The zero-order valence-electron chi connectivity index (χ0n) is 5.04. The van der Waals surface area contributed by atoms with Gasteiger partial charge in [-0.2, -0.15) is 8.42 Å². The van der Waals surface area contributed by atoms with Gasteiger partial charge in [0.2, 0.25) is 5.44 Å². The number of hydrogen-bond donors (Lipinski definition) is 2. The summed E-state index contributed by atoms with van der Waals surface area (Å²) in [5, 5.41) is 8.73. The predicted octanol–water partition coefficient (Wildman–Crippen LogP) is 0.605. The number of rotatable bonds is 3. The second-order valence-corrected chi connectivity index (χ2v) is 5.05. The molecule has 4 nitrogen and oxygen atoms in total. The van der Waals surface area contributed by atoms with E-state index < -0.39 is 25.8 Å². The summed E-state index contributed by atoms with van der Waals surface area (Å²) >= 11 is 15.5. The van der Waals surface area contributed by atoms with Gasteiger partial charge in [0.1, 0.15) is 0 Å². The fourth-order valence-electron chi connectivity index (χ4n) is 0.284. The molecule has 0 aromatic rings. The largest absolute Gasteiger partial charge is 0.373 e. The Balaban J connectivity index is 4.63. The van der Waals surface area contributed by atoms with Crippen LogP contribution in [0.1, 0.15) is 0 Å². The molecule has 0 heterocycles. The molecule has 0 saturated heterocycles. The van der Waals surface area contributed by atoms with Gasteiger partial charge in [-0.05, 0) is 0 Å². The maximum absolute atomic E-state index is 10.2. The van der Waals surface area contributed by atoms with Crippen molar-refractivity contribution in [2.24, 2.45) is 0 Å². The number of aliphatic hydroxyl groups excluding tert-OH is 1. The molecule has 0 aromatic heterocycles. The fraction of sp³-hybridized carbons (Fsp3) is 1.00. The molecule has 0 fully saturated rings. The lowest BCUT2D eigenvalue weighted by Crippen LogP contribution is -2.39. The highest BCUT2D eigenvalue weighted by molar-refractivity contribution is 7.86. The van der Waals surface area contributed by atoms with Gasteiger partial charge >= 0.3 is 0 Å². The molecule has 0 aromatic carbocycles. The highest BCUT2D eigenvalue weighted by atomic mass is 35.5. The van der Waals surface area contributed by atoms with Crippen LogP contribution >= 0.6 is 34.8 Å². The Labute approximate surface area is 78.8 Å². The van der Waals surface area contributed by atoms with Crippen molar-refractivity contribution in [2.45, 2.75) is 9.77 Å². The molecule has 0 aliphatic carbocycles. The van der Waals surface area contributed by atoms with E-state index >= 15 is 0 Å². The van der Waals surface area contributed by atoms with Crippen LogP contribution in [0.15, 0.2) is 0 Å². The summed E-state index contributed by atoms with van der Waals surface area (Å²) in [6.45, 7) is 0. The molecule has 11 heavy (non-hydrogen) atoms. The zero-order valence-corrected chi connectivity index (χ0v) is 8.12. The summed E-state index contributed by atoms with van der Waals surface area (Å²) in [6.07, 6.45) is 0. The quantitative estimate of drug-likeness (QED) is 0.562. The van der Waals surface area contributed by atoms with E-state index in [9.17, 15) is 8.42 Å². The summed E-state index contributed by atoms with van der Waals surface area (Å²) in [4.78, 5) is 0. The molecule has 0 aliphatic rings. The van der Waals surface area contributed by atoms with Crippen molar-refractivity contribution in [1.29, 1.82) is 0 Å². The third kappa shape index (κ3) is 3.31. The number of alkyl halides is 3. The minimum absolute atomic E-state index is 0.517. The molecule has 0 rings (SSSR count). The average molecular weight is 243 g/mol. The topological polar surface area (TPSA) is 74.6 Å². The molecule has 1 atom stereocenters. The van der Waals surface area contributed by atoms with Crippen LogP contribution in [0, 0.1) is 0 Å². The SMILES string of the molecule is O=S(=O)(O)C(O)C(Cl)(Cl)CCl. The fourth-order valence-corrected chi connectivity index (χ4v) is 1.72. The molecule has 68 valence electrons. The van der Waals surface area contributed by atoms with Crippen LogP contribution in [0.3, 0.4) is 0 Å². The molecule has 0 bridgehead atoms. The van der Waals surface area contributed by atoms with Gasteiger partial charge in [0.25, 0.3) is 10.1 Å². The molecule has 2 N–H and O–H groups in total. The first-order valence-electron chi connectivity index (χ1n) is 2.30. The van der Waals surface area contributed by atoms with Crippen LogP contribution in [0.5, 0.6) is 0 Å². The highest BCUT2D eigenvalue weighted by Gasteiger charge is 2.41. The van der Waals surface area contributed by atoms with Crippen LogP contribution in [0.25, 0.3) is 0 Å². The molecule has 1 unspecified atom stereocenters. The number of halogens is 3. The van der Waals surface area contributed by atoms with Crippen molar-refractivity contribution in [3.05, 3.63) is 0 Å². The standard InChI is InChI=1S/C3H5Cl3O4S/c4-1-3(5,6)2(7)11(8,9)10/h2,7H,1H2,(H,8,9,10). The molecule has 0 spiro atoms. The second-order valence-electron chi connectivity index (χ2n) is 1.76. The molecular weight excluding hydrogens is 238 g/mol. The third-order valence-corrected chi connectivity index (χ3v) is 3.42. The number of hydrogen-bond acceptors (Lipinski definition) is 3. The van der Waals surface area contributed by atoms with Crippen LogP contribution in [0.4, 0.5) is 0 Å². The lowest BCUT2D eigenvalue weighted by atomic mass is 10.5. The van der Waals surface area contributed by atoms with E-state index in [1.54, 1.807) is 0 Å². The predicted molar refractivity (Wildman–Crippen MR) is 42.7 cm³/mol. The Bertz CT molecular complexity index is 223. The van der Waals surface area contributed by atoms with E-state index in [1.165, 1.54) is 0 Å². The van der Waals surface area contributed by atoms with E-state index in [0.717, 1.165) is 0 Å². The normalized spacial score (nSPS) is 16.5. The summed E-state index contributed by atoms with van der Waals surface area (Å²) in [5.41, 5.74) is -2.30. The van der Waals surface area contributed by atoms with E-state index in [1.807, 2.05) is 0 Å². The summed E-state index contributed by atoms with van der Waals surface area (Å²) in [6, 6.07) is 0. The summed E-state index contributed by atoms with van der Waals surface area (Å²) in [7, 11) is -4.67. The van der Waals surface area contributed by atoms with Gasteiger partial charge in [0.05, 0.1) is 5.88 Å². The number of aliphatic hydroxyl groups is 1. The smallest absolute Gasteiger partial charge is 0.295 e. The van der Waals surface area contributed by atoms with Crippen molar-refractivity contribution >= 4 is 44.9 Å². The van der Waals surface area contributed by atoms with Crippen LogP contribution in [-0.2, 0) is 10.1 Å². The van der Waals surface area contributed by atoms with E-state index in [0.29, 0.717) is 0 Å². The zero-order chi connectivity index (χ0) is 9.28. The molecule has 0 aliphatic heterocycles. The molecule has 0 saturated carbocycles. The van der Waals surface area contributed by atoms with Gasteiger partial charge in [-0.15, -0.1) is 11.6 Å². The minimum atomic E-state index is -4.67. The van der Waals surface area contributed by atoms with Gasteiger partial charge in [-0.3, -0.25) is 4.55 Å². The van der Waals surface area contributed by atoms with E-state index in [2.05, 4.69) is 0 Å². The Morgan fingerprint density at radius 3 is 1.91 bits per heavy atom. The van der Waals surface area contributed by atoms with Gasteiger partial charge in [0, 0.05) is 0 Å². The Hall–Kier alpha value is 0.740. The first kappa shape index (κ1) is 11.7. The highest BCUT2D eigenvalue weighted by Crippen LogP contribution is 2.29. The van der Waals surface area contributed by atoms with Gasteiger partial charge in [0.15, 0.2) is 4.33 Å². The molecule has 8 heteroatoms. The third-order valence-electron chi connectivity index (χ3n) is 0.822. The Morgan fingerprint density at radius 1 is 1.45 bits per heavy atom. The first-order chi connectivity index (χ1) is 4.72. The Morgan fingerprint density at radius 2 is 1.82 bits per heavy atom. The Kier molecular flexibility index (Phi) is 3.88. The first-order valence-corrected chi connectivity index (χ1v) is 5.09. The van der Waals surface area contributed by atoms with E-state index in [4.69, 9.17) is 44.5 Å². The second kappa shape index (κ2) is 3.64. The van der Waals surface area contributed by atoms with Crippen molar-refractivity contribution < 1.29 is 18.1 Å². The van der Waals surface area contributed by atoms with Crippen LogP contribution < -0.4 is 0 Å². The van der Waals surface area contributed by atoms with Crippen LogP contribution in [-0.4, -0.2) is 33.7 Å². The van der Waals surface area contributed by atoms with Crippen LogP contribution in [0.2, 0.25) is 0 Å². The summed E-state index contributed by atoms with van der Waals surface area (Å²) < 4.78 is 26.6.